The molecule has 11 heteroatoms. The average molecular weight is 545 g/mol. The van der Waals surface area contributed by atoms with Crippen LogP contribution in [0.3, 0.4) is 0 Å². The smallest absolute Gasteiger partial charge is 0.323 e. The quantitative estimate of drug-likeness (QED) is 0.510. The largest absolute Gasteiger partial charge is 0.493 e. The van der Waals surface area contributed by atoms with E-state index in [-0.39, 0.29) is 45.6 Å². The van der Waals surface area contributed by atoms with Crippen LogP contribution in [-0.4, -0.2) is 58.3 Å². The third-order valence-corrected chi connectivity index (χ3v) is 10.8. The summed E-state index contributed by atoms with van der Waals surface area (Å²) >= 11 is 2.80. The van der Waals surface area contributed by atoms with E-state index in [4.69, 9.17) is 9.47 Å². The number of fused-ring (bicyclic) bond motifs is 9. The minimum absolute atomic E-state index is 0.0314. The molecule has 1 aromatic carbocycles. The fourth-order valence-electron chi connectivity index (χ4n) is 7.00. The van der Waals surface area contributed by atoms with Crippen molar-refractivity contribution in [2.75, 3.05) is 20.3 Å². The highest BCUT2D eigenvalue weighted by atomic mass is 32.2. The molecule has 2 aliphatic carbocycles. The zero-order valence-electron chi connectivity index (χ0n) is 20.6. The highest BCUT2D eigenvalue weighted by Crippen LogP contribution is 2.68. The van der Waals surface area contributed by atoms with E-state index in [1.165, 1.54) is 11.3 Å². The normalized spacial score (nSPS) is 31.5. The summed E-state index contributed by atoms with van der Waals surface area (Å²) in [5, 5.41) is 10.1. The van der Waals surface area contributed by atoms with E-state index >= 15 is 0 Å². The Morgan fingerprint density at radius 2 is 1.89 bits per heavy atom. The number of carboxylic acid groups (broad SMARTS) is 1. The molecule has 3 fully saturated rings. The van der Waals surface area contributed by atoms with E-state index in [0.717, 1.165) is 26.8 Å². The number of ether oxygens (including phenoxy) is 2. The van der Waals surface area contributed by atoms with Crippen LogP contribution in [0.2, 0.25) is 0 Å². The number of aliphatic carboxylic acids is 1. The average Bonchev–Trinajstić information content (AvgIpc) is 3.58. The SMILES string of the molecule is COc1cc(C2c3sc(=O)[nH]c3SC3C4CC(C5C(=O)N(CC(=O)O)C(=O)C45)C23)ccc1OCC(C)C. The summed E-state index contributed by atoms with van der Waals surface area (Å²) in [7, 11) is 1.60. The molecule has 9 nitrogen and oxygen atoms in total. The number of thiazole rings is 1. The standard InChI is InChI=1S/C26H28N2O7S2/c1-10(2)9-35-14-5-4-11(6-15(14)34-3)17-18-12-7-13(21(18)36-23-22(17)37-26(33)27-23)20-19(12)24(31)28(25(20)32)8-16(29)30/h4-6,10,12-13,17-21H,7-9H2,1-3H3,(H,27,33)(H,29,30). The molecule has 2 amide bonds. The number of carbonyl (C=O) groups excluding carboxylic acids is 2. The number of carbonyl (C=O) groups is 3. The molecule has 7 unspecified atom stereocenters. The fourth-order valence-corrected chi connectivity index (χ4v) is 9.89. The van der Waals surface area contributed by atoms with Gasteiger partial charge >= 0.3 is 10.8 Å². The molecular formula is C26H28N2O7S2. The predicted octanol–water partition coefficient (Wildman–Crippen LogP) is 3.04. The van der Waals surface area contributed by atoms with E-state index in [1.54, 1.807) is 18.9 Å². The summed E-state index contributed by atoms with van der Waals surface area (Å²) in [4.78, 5) is 55.0. The first-order valence-electron chi connectivity index (χ1n) is 12.5. The van der Waals surface area contributed by atoms with Crippen LogP contribution in [-0.2, 0) is 14.4 Å². The van der Waals surface area contributed by atoms with Gasteiger partial charge in [-0.15, -0.1) is 11.8 Å². The topological polar surface area (TPSA) is 126 Å². The summed E-state index contributed by atoms with van der Waals surface area (Å²) < 4.78 is 11.6. The first-order valence-corrected chi connectivity index (χ1v) is 14.2. The predicted molar refractivity (Wildman–Crippen MR) is 136 cm³/mol. The highest BCUT2D eigenvalue weighted by Gasteiger charge is 2.69. The molecule has 4 aliphatic rings. The maximum Gasteiger partial charge on any atom is 0.323 e. The number of nitrogens with zero attached hydrogens (tertiary/aromatic N) is 1. The Labute approximate surface area is 221 Å². The molecule has 2 aliphatic heterocycles. The Morgan fingerprint density at radius 1 is 1.16 bits per heavy atom. The third-order valence-electron chi connectivity index (χ3n) is 8.23. The summed E-state index contributed by atoms with van der Waals surface area (Å²) in [5.41, 5.74) is 0.976. The number of aromatic amines is 1. The van der Waals surface area contributed by atoms with Crippen LogP contribution in [0, 0.1) is 35.5 Å². The van der Waals surface area contributed by atoms with Gasteiger partial charge in [-0.25, -0.2) is 0 Å². The molecule has 6 rings (SSSR count). The summed E-state index contributed by atoms with van der Waals surface area (Å²) in [5.74, 6) is -1.52. The second-order valence-electron chi connectivity index (χ2n) is 10.7. The van der Waals surface area contributed by atoms with Crippen molar-refractivity contribution >= 4 is 40.9 Å². The maximum absolute atomic E-state index is 13.3. The van der Waals surface area contributed by atoms with Gasteiger partial charge in [-0.3, -0.25) is 24.1 Å². The number of likely N-dealkylation sites (tertiary alicyclic amines) is 1. The molecule has 196 valence electrons. The van der Waals surface area contributed by atoms with Gasteiger partial charge in [0.25, 0.3) is 0 Å². The number of H-pyrrole nitrogens is 1. The van der Waals surface area contributed by atoms with Gasteiger partial charge < -0.3 is 19.6 Å². The van der Waals surface area contributed by atoms with Crippen LogP contribution in [0.5, 0.6) is 11.5 Å². The number of hydrogen-bond acceptors (Lipinski definition) is 8. The lowest BCUT2D eigenvalue weighted by Gasteiger charge is -2.43. The van der Waals surface area contributed by atoms with Crippen LogP contribution >= 0.6 is 23.1 Å². The summed E-state index contributed by atoms with van der Waals surface area (Å²) in [6, 6.07) is 5.87. The Morgan fingerprint density at radius 3 is 2.57 bits per heavy atom. The van der Waals surface area contributed by atoms with E-state index in [0.29, 0.717) is 24.0 Å². The van der Waals surface area contributed by atoms with Gasteiger partial charge in [-0.1, -0.05) is 31.3 Å². The number of aromatic nitrogens is 1. The van der Waals surface area contributed by atoms with Crippen LogP contribution < -0.4 is 14.3 Å². The minimum Gasteiger partial charge on any atom is -0.493 e. The second-order valence-corrected chi connectivity index (χ2v) is 12.9. The lowest BCUT2D eigenvalue weighted by molar-refractivity contribution is -0.149. The van der Waals surface area contributed by atoms with Crippen molar-refractivity contribution in [2.24, 2.45) is 35.5 Å². The van der Waals surface area contributed by atoms with E-state index in [1.807, 2.05) is 18.2 Å². The van der Waals surface area contributed by atoms with Crippen molar-refractivity contribution in [2.45, 2.75) is 36.5 Å². The van der Waals surface area contributed by atoms with Gasteiger partial charge in [0.1, 0.15) is 6.54 Å². The molecule has 0 spiro atoms. The van der Waals surface area contributed by atoms with Crippen LogP contribution in [0.25, 0.3) is 0 Å². The first kappa shape index (κ1) is 24.5. The third kappa shape index (κ3) is 3.72. The molecule has 2 saturated carbocycles. The van der Waals surface area contributed by atoms with Gasteiger partial charge in [0, 0.05) is 16.0 Å². The molecule has 1 saturated heterocycles. The molecule has 7 atom stereocenters. The number of amides is 2. The number of imide groups is 1. The molecule has 3 heterocycles. The lowest BCUT2D eigenvalue weighted by Crippen LogP contribution is -2.42. The first-order chi connectivity index (χ1) is 17.7. The van der Waals surface area contributed by atoms with Crippen molar-refractivity contribution in [3.8, 4) is 11.5 Å². The number of benzene rings is 1. The molecule has 2 aromatic rings. The minimum atomic E-state index is -1.19. The van der Waals surface area contributed by atoms with Crippen molar-refractivity contribution in [3.63, 3.8) is 0 Å². The number of methoxy groups -OCH3 is 1. The van der Waals surface area contributed by atoms with E-state index in [2.05, 4.69) is 18.8 Å². The van der Waals surface area contributed by atoms with Crippen LogP contribution in [0.4, 0.5) is 0 Å². The second kappa shape index (κ2) is 8.90. The van der Waals surface area contributed by atoms with Crippen molar-refractivity contribution in [1.29, 1.82) is 0 Å². The molecule has 0 radical (unpaired) electrons. The highest BCUT2D eigenvalue weighted by molar-refractivity contribution is 8.00. The van der Waals surface area contributed by atoms with Gasteiger partial charge in [0.2, 0.25) is 11.8 Å². The molecule has 2 bridgehead atoms. The Hall–Kier alpha value is -2.79. The monoisotopic (exact) mass is 544 g/mol. The van der Waals surface area contributed by atoms with Gasteiger partial charge in [-0.05, 0) is 47.8 Å². The van der Waals surface area contributed by atoms with E-state index in [9.17, 15) is 24.3 Å². The van der Waals surface area contributed by atoms with E-state index < -0.39 is 24.3 Å². The van der Waals surface area contributed by atoms with Crippen molar-refractivity contribution < 1.29 is 29.0 Å². The molecule has 1 aromatic heterocycles. The van der Waals surface area contributed by atoms with Gasteiger partial charge in [0.05, 0.1) is 30.6 Å². The maximum atomic E-state index is 13.3. The van der Waals surface area contributed by atoms with Crippen molar-refractivity contribution in [1.82, 2.24) is 9.88 Å². The zero-order valence-corrected chi connectivity index (χ0v) is 22.3. The summed E-state index contributed by atoms with van der Waals surface area (Å²) in [6.45, 7) is 4.11. The zero-order chi connectivity index (χ0) is 26.2. The van der Waals surface area contributed by atoms with Crippen molar-refractivity contribution in [3.05, 3.63) is 38.3 Å². The number of nitrogens with one attached hydrogen (secondary N) is 1. The number of carboxylic acids is 1. The Kier molecular flexibility index (Phi) is 5.91. The fraction of sp³-hybridized carbons (Fsp3) is 0.538. The number of rotatable bonds is 7. The molecule has 37 heavy (non-hydrogen) atoms. The van der Waals surface area contributed by atoms with Gasteiger partial charge in [0.15, 0.2) is 11.5 Å². The molecule has 2 N–H and O–H groups in total. The molecular weight excluding hydrogens is 516 g/mol. The van der Waals surface area contributed by atoms with Crippen LogP contribution in [0.1, 0.15) is 36.6 Å². The van der Waals surface area contributed by atoms with Gasteiger partial charge in [-0.2, -0.15) is 0 Å². The Balaban J connectivity index is 1.41. The summed E-state index contributed by atoms with van der Waals surface area (Å²) in [6.07, 6.45) is 0.748. The lowest BCUT2D eigenvalue weighted by atomic mass is 9.68. The van der Waals surface area contributed by atoms with Crippen LogP contribution in [0.15, 0.2) is 28.0 Å². The number of hydrogen-bond donors (Lipinski definition) is 2. The Bertz CT molecular complexity index is 1350. The number of thioether (sulfide) groups is 1.